The number of nitrogens with zero attached hydrogens (tertiary/aromatic N) is 1. The fourth-order valence-electron chi connectivity index (χ4n) is 2.19. The van der Waals surface area contributed by atoms with Crippen LogP contribution < -0.4 is 0 Å². The first kappa shape index (κ1) is 14.2. The van der Waals surface area contributed by atoms with Crippen molar-refractivity contribution in [2.24, 2.45) is 0 Å². The van der Waals surface area contributed by atoms with Crippen molar-refractivity contribution in [3.63, 3.8) is 0 Å². The lowest BCUT2D eigenvalue weighted by Gasteiger charge is -2.16. The van der Waals surface area contributed by atoms with Crippen LogP contribution in [0.5, 0.6) is 0 Å². The third-order valence-corrected chi connectivity index (χ3v) is 6.00. The summed E-state index contributed by atoms with van der Waals surface area (Å²) >= 11 is 1.36. The second-order valence-electron chi connectivity index (χ2n) is 4.65. The zero-order valence-corrected chi connectivity index (χ0v) is 12.7. The summed E-state index contributed by atoms with van der Waals surface area (Å²) in [5.74, 6) is -0.0873. The van der Waals surface area contributed by atoms with Gasteiger partial charge in [-0.1, -0.05) is 30.3 Å². The first-order valence-electron chi connectivity index (χ1n) is 6.41. The summed E-state index contributed by atoms with van der Waals surface area (Å²) in [6.07, 6.45) is 1.70. The molecule has 0 bridgehead atoms. The van der Waals surface area contributed by atoms with E-state index in [0.29, 0.717) is 10.5 Å². The molecule has 1 aliphatic heterocycles. The van der Waals surface area contributed by atoms with Gasteiger partial charge in [0.05, 0.1) is 9.77 Å². The summed E-state index contributed by atoms with van der Waals surface area (Å²) in [5, 5.41) is 1.83. The number of ketones is 1. The van der Waals surface area contributed by atoms with Crippen molar-refractivity contribution in [3.05, 3.63) is 64.4 Å². The van der Waals surface area contributed by atoms with Gasteiger partial charge in [0, 0.05) is 18.7 Å². The number of carbonyl (C=O) groups is 1. The van der Waals surface area contributed by atoms with Crippen molar-refractivity contribution in [2.75, 3.05) is 13.1 Å². The molecule has 0 saturated heterocycles. The first-order valence-corrected chi connectivity index (χ1v) is 8.73. The van der Waals surface area contributed by atoms with Gasteiger partial charge in [0.2, 0.25) is 10.0 Å². The molecule has 1 aliphatic rings. The zero-order valence-electron chi connectivity index (χ0n) is 11.1. The van der Waals surface area contributed by atoms with Gasteiger partial charge in [0.1, 0.15) is 0 Å². The number of sulfonamides is 1. The molecule has 0 saturated carbocycles. The molecule has 4 nitrogen and oxygen atoms in total. The minimum absolute atomic E-state index is 0.0873. The summed E-state index contributed by atoms with van der Waals surface area (Å²) in [6.45, 7) is 0.373. The molecule has 6 heteroatoms. The standard InChI is InChI=1S/C15H13NO3S2/c17-15(14-7-4-10-20-14)12-8-9-16(11-12)21(18,19)13-5-2-1-3-6-13/h1-8,10H,9,11H2. The van der Waals surface area contributed by atoms with Crippen molar-refractivity contribution in [1.82, 2.24) is 4.31 Å². The third kappa shape index (κ3) is 2.70. The van der Waals surface area contributed by atoms with Crippen LogP contribution in [0.2, 0.25) is 0 Å². The van der Waals surface area contributed by atoms with E-state index in [2.05, 4.69) is 0 Å². The molecular weight excluding hydrogens is 306 g/mol. The predicted octanol–water partition coefficient (Wildman–Crippen LogP) is 2.56. The van der Waals surface area contributed by atoms with E-state index < -0.39 is 10.0 Å². The Bertz CT molecular complexity index is 778. The molecule has 1 aromatic carbocycles. The Morgan fingerprint density at radius 1 is 1.10 bits per heavy atom. The minimum Gasteiger partial charge on any atom is -0.288 e. The molecule has 0 radical (unpaired) electrons. The highest BCUT2D eigenvalue weighted by Gasteiger charge is 2.30. The number of rotatable bonds is 4. The maximum absolute atomic E-state index is 12.5. The summed E-state index contributed by atoms with van der Waals surface area (Å²) in [7, 11) is -3.54. The number of hydrogen-bond donors (Lipinski definition) is 0. The smallest absolute Gasteiger partial charge is 0.243 e. The molecule has 0 unspecified atom stereocenters. The first-order chi connectivity index (χ1) is 10.1. The van der Waals surface area contributed by atoms with Gasteiger partial charge in [-0.15, -0.1) is 11.3 Å². The highest BCUT2D eigenvalue weighted by molar-refractivity contribution is 7.89. The molecular formula is C15H13NO3S2. The van der Waals surface area contributed by atoms with Crippen LogP contribution in [-0.4, -0.2) is 31.6 Å². The van der Waals surface area contributed by atoms with Crippen LogP contribution in [0.3, 0.4) is 0 Å². The molecule has 3 rings (SSSR count). The number of hydrogen-bond acceptors (Lipinski definition) is 4. The molecule has 2 heterocycles. The van der Waals surface area contributed by atoms with Crippen LogP contribution in [0.4, 0.5) is 0 Å². The SMILES string of the molecule is O=C(C1=CCN(S(=O)(=O)c2ccccc2)C1)c1cccs1. The highest BCUT2D eigenvalue weighted by Crippen LogP contribution is 2.23. The van der Waals surface area contributed by atoms with Gasteiger partial charge < -0.3 is 0 Å². The van der Waals surface area contributed by atoms with Crippen LogP contribution in [0, 0.1) is 0 Å². The van der Waals surface area contributed by atoms with Gasteiger partial charge >= 0.3 is 0 Å². The summed E-state index contributed by atoms with van der Waals surface area (Å²) in [4.78, 5) is 13.1. The molecule has 0 amide bonds. The molecule has 21 heavy (non-hydrogen) atoms. The molecule has 2 aromatic rings. The maximum atomic E-state index is 12.5. The van der Waals surface area contributed by atoms with Crippen LogP contribution in [0.15, 0.2) is 64.4 Å². The van der Waals surface area contributed by atoms with Crippen molar-refractivity contribution in [2.45, 2.75) is 4.90 Å². The van der Waals surface area contributed by atoms with Gasteiger partial charge in [-0.05, 0) is 23.6 Å². The Morgan fingerprint density at radius 3 is 2.52 bits per heavy atom. The number of thiophene rings is 1. The van der Waals surface area contributed by atoms with Crippen LogP contribution in [-0.2, 0) is 10.0 Å². The highest BCUT2D eigenvalue weighted by atomic mass is 32.2. The lowest BCUT2D eigenvalue weighted by Crippen LogP contribution is -2.29. The summed E-state index contributed by atoms with van der Waals surface area (Å²) in [6, 6.07) is 11.8. The molecule has 0 atom stereocenters. The Morgan fingerprint density at radius 2 is 1.86 bits per heavy atom. The van der Waals surface area contributed by atoms with Crippen molar-refractivity contribution in [1.29, 1.82) is 0 Å². The second-order valence-corrected chi connectivity index (χ2v) is 7.53. The predicted molar refractivity (Wildman–Crippen MR) is 81.9 cm³/mol. The van der Waals surface area contributed by atoms with Gasteiger partial charge in [-0.3, -0.25) is 4.79 Å². The van der Waals surface area contributed by atoms with E-state index in [1.165, 1.54) is 15.6 Å². The molecule has 108 valence electrons. The Balaban J connectivity index is 1.79. The van der Waals surface area contributed by atoms with Gasteiger partial charge in [-0.25, -0.2) is 8.42 Å². The fraction of sp³-hybridized carbons (Fsp3) is 0.133. The second kappa shape index (κ2) is 5.55. The van der Waals surface area contributed by atoms with E-state index in [9.17, 15) is 13.2 Å². The van der Waals surface area contributed by atoms with Crippen LogP contribution in [0.25, 0.3) is 0 Å². The Kier molecular flexibility index (Phi) is 3.75. The Labute approximate surface area is 127 Å². The van der Waals surface area contributed by atoms with E-state index in [1.54, 1.807) is 42.5 Å². The monoisotopic (exact) mass is 319 g/mol. The quantitative estimate of drug-likeness (QED) is 0.814. The molecule has 0 N–H and O–H groups in total. The van der Waals surface area contributed by atoms with E-state index in [1.807, 2.05) is 11.4 Å². The maximum Gasteiger partial charge on any atom is 0.243 e. The van der Waals surface area contributed by atoms with Gasteiger partial charge in [-0.2, -0.15) is 4.31 Å². The largest absolute Gasteiger partial charge is 0.288 e. The van der Waals surface area contributed by atoms with E-state index in [-0.39, 0.29) is 23.8 Å². The number of Topliss-reactive ketones (excluding diaryl/α,β-unsaturated/α-hetero) is 1. The van der Waals surface area contributed by atoms with E-state index >= 15 is 0 Å². The van der Waals surface area contributed by atoms with Crippen molar-refractivity contribution >= 4 is 27.1 Å². The minimum atomic E-state index is -3.54. The fourth-order valence-corrected chi connectivity index (χ4v) is 4.26. The van der Waals surface area contributed by atoms with Crippen LogP contribution >= 0.6 is 11.3 Å². The lowest BCUT2D eigenvalue weighted by molar-refractivity contribution is 0.103. The molecule has 0 aliphatic carbocycles. The van der Waals surface area contributed by atoms with Crippen molar-refractivity contribution in [3.8, 4) is 0 Å². The summed E-state index contributed by atoms with van der Waals surface area (Å²) < 4.78 is 26.3. The molecule has 0 spiro atoms. The molecule has 1 aromatic heterocycles. The lowest BCUT2D eigenvalue weighted by atomic mass is 10.1. The van der Waals surface area contributed by atoms with Gasteiger partial charge in [0.25, 0.3) is 0 Å². The average molecular weight is 319 g/mol. The zero-order chi connectivity index (χ0) is 14.9. The Hall–Kier alpha value is -1.76. The van der Waals surface area contributed by atoms with E-state index in [4.69, 9.17) is 0 Å². The third-order valence-electron chi connectivity index (χ3n) is 3.31. The summed E-state index contributed by atoms with van der Waals surface area (Å²) in [5.41, 5.74) is 0.539. The van der Waals surface area contributed by atoms with Crippen LogP contribution in [0.1, 0.15) is 9.67 Å². The average Bonchev–Trinajstić information content (AvgIpc) is 3.19. The van der Waals surface area contributed by atoms with E-state index in [0.717, 1.165) is 0 Å². The number of carbonyl (C=O) groups excluding carboxylic acids is 1. The topological polar surface area (TPSA) is 54.5 Å². The van der Waals surface area contributed by atoms with Gasteiger partial charge in [0.15, 0.2) is 5.78 Å². The molecule has 0 fully saturated rings. The van der Waals surface area contributed by atoms with Crippen molar-refractivity contribution < 1.29 is 13.2 Å². The normalized spacial score (nSPS) is 15.9. The number of benzene rings is 1.